The highest BCUT2D eigenvalue weighted by molar-refractivity contribution is 5.81. The van der Waals surface area contributed by atoms with Gasteiger partial charge >= 0.3 is 0 Å². The highest BCUT2D eigenvalue weighted by Gasteiger charge is 2.37. The lowest BCUT2D eigenvalue weighted by atomic mass is 9.70. The molecule has 1 amide bonds. The Labute approximate surface area is 128 Å². The Morgan fingerprint density at radius 3 is 2.76 bits per heavy atom. The van der Waals surface area contributed by atoms with Crippen LogP contribution in [0.25, 0.3) is 0 Å². The Kier molecular flexibility index (Phi) is 4.72. The highest BCUT2D eigenvalue weighted by atomic mass is 16.2. The number of hydrogen-bond acceptors (Lipinski definition) is 2. The fourth-order valence-electron chi connectivity index (χ4n) is 3.19. The number of carbonyl (C=O) groups excluding carboxylic acids is 1. The van der Waals surface area contributed by atoms with E-state index in [-0.39, 0.29) is 23.4 Å². The summed E-state index contributed by atoms with van der Waals surface area (Å²) in [6.07, 6.45) is 2.27. The first-order chi connectivity index (χ1) is 9.86. The van der Waals surface area contributed by atoms with Crippen LogP contribution in [0.1, 0.15) is 51.3 Å². The van der Waals surface area contributed by atoms with E-state index < -0.39 is 0 Å². The molecule has 0 aromatic heterocycles. The van der Waals surface area contributed by atoms with Crippen LogP contribution in [0.3, 0.4) is 0 Å². The maximum atomic E-state index is 12.3. The number of aryl methyl sites for hydroxylation is 1. The molecule has 0 heterocycles. The Bertz CT molecular complexity index is 510. The van der Waals surface area contributed by atoms with E-state index in [1.165, 1.54) is 11.1 Å². The van der Waals surface area contributed by atoms with Crippen LogP contribution in [0.5, 0.6) is 0 Å². The van der Waals surface area contributed by atoms with Gasteiger partial charge in [0.05, 0.1) is 6.04 Å². The molecular formula is C18H28N2O. The number of nitrogens with one attached hydrogen (secondary N) is 1. The maximum Gasteiger partial charge on any atom is 0.239 e. The zero-order valence-corrected chi connectivity index (χ0v) is 13.9. The topological polar surface area (TPSA) is 32.3 Å². The van der Waals surface area contributed by atoms with Gasteiger partial charge in [-0.15, -0.1) is 0 Å². The van der Waals surface area contributed by atoms with E-state index in [4.69, 9.17) is 0 Å². The smallest absolute Gasteiger partial charge is 0.239 e. The molecule has 0 radical (unpaired) electrons. The number of carbonyl (C=O) groups is 1. The van der Waals surface area contributed by atoms with Crippen LogP contribution < -0.4 is 5.32 Å². The monoisotopic (exact) mass is 288 g/mol. The van der Waals surface area contributed by atoms with Crippen LogP contribution in [0.15, 0.2) is 24.3 Å². The van der Waals surface area contributed by atoms with Gasteiger partial charge in [0, 0.05) is 19.6 Å². The number of nitrogens with zero attached hydrogens (tertiary/aromatic N) is 1. The van der Waals surface area contributed by atoms with E-state index in [0.29, 0.717) is 0 Å². The molecule has 0 saturated heterocycles. The molecule has 1 aliphatic rings. The molecule has 0 fully saturated rings. The Balaban J connectivity index is 2.23. The van der Waals surface area contributed by atoms with Gasteiger partial charge in [0.1, 0.15) is 0 Å². The van der Waals surface area contributed by atoms with Crippen LogP contribution in [-0.2, 0) is 11.2 Å². The largest absolute Gasteiger partial charge is 0.345 e. The van der Waals surface area contributed by atoms with Crippen molar-refractivity contribution in [3.63, 3.8) is 0 Å². The molecule has 1 N–H and O–H groups in total. The predicted octanol–water partition coefficient (Wildman–Crippen LogP) is 3.16. The van der Waals surface area contributed by atoms with E-state index in [9.17, 15) is 4.79 Å². The van der Waals surface area contributed by atoms with Crippen molar-refractivity contribution in [2.24, 2.45) is 5.41 Å². The molecule has 1 aromatic rings. The number of amides is 1. The normalized spacial score (nSPS) is 21.5. The lowest BCUT2D eigenvalue weighted by Crippen LogP contribution is -2.48. The summed E-state index contributed by atoms with van der Waals surface area (Å²) in [4.78, 5) is 14.1. The fraction of sp³-hybridized carbons (Fsp3) is 0.611. The molecule has 0 aliphatic heterocycles. The van der Waals surface area contributed by atoms with Crippen molar-refractivity contribution in [3.8, 4) is 0 Å². The van der Waals surface area contributed by atoms with E-state index in [2.05, 4.69) is 43.4 Å². The summed E-state index contributed by atoms with van der Waals surface area (Å²) in [5.74, 6) is 0.163. The molecule has 1 aliphatic carbocycles. The van der Waals surface area contributed by atoms with Crippen LogP contribution in [-0.4, -0.2) is 30.4 Å². The zero-order chi connectivity index (χ0) is 15.6. The molecule has 21 heavy (non-hydrogen) atoms. The Hall–Kier alpha value is -1.35. The van der Waals surface area contributed by atoms with Crippen molar-refractivity contribution in [3.05, 3.63) is 35.4 Å². The predicted molar refractivity (Wildman–Crippen MR) is 87.2 cm³/mol. The minimum atomic E-state index is -0.162. The number of rotatable bonds is 4. The van der Waals surface area contributed by atoms with Crippen molar-refractivity contribution in [1.82, 2.24) is 10.2 Å². The van der Waals surface area contributed by atoms with Crippen molar-refractivity contribution >= 4 is 5.91 Å². The first-order valence-electron chi connectivity index (χ1n) is 7.95. The number of likely N-dealkylation sites (N-methyl/N-ethyl adjacent to an activating group) is 1. The lowest BCUT2D eigenvalue weighted by molar-refractivity contribution is -0.132. The van der Waals surface area contributed by atoms with Gasteiger partial charge in [0.25, 0.3) is 0 Å². The van der Waals surface area contributed by atoms with Gasteiger partial charge in [0.15, 0.2) is 0 Å². The van der Waals surface area contributed by atoms with E-state index in [1.54, 1.807) is 4.90 Å². The van der Waals surface area contributed by atoms with Gasteiger partial charge in [-0.1, -0.05) is 38.1 Å². The average molecular weight is 288 g/mol. The van der Waals surface area contributed by atoms with E-state index in [0.717, 1.165) is 19.4 Å². The third-order valence-electron chi connectivity index (χ3n) is 4.82. The molecule has 2 unspecified atom stereocenters. The quantitative estimate of drug-likeness (QED) is 0.923. The summed E-state index contributed by atoms with van der Waals surface area (Å²) in [5, 5.41) is 3.59. The SMILES string of the molecule is CCN(C)C(=O)C(C)NC1c2ccccc2CCC1(C)C. The Morgan fingerprint density at radius 2 is 2.10 bits per heavy atom. The molecular weight excluding hydrogens is 260 g/mol. The van der Waals surface area contributed by atoms with Crippen molar-refractivity contribution in [2.75, 3.05) is 13.6 Å². The van der Waals surface area contributed by atoms with Gasteiger partial charge < -0.3 is 4.90 Å². The van der Waals surface area contributed by atoms with Crippen LogP contribution in [0, 0.1) is 5.41 Å². The molecule has 2 atom stereocenters. The number of benzene rings is 1. The van der Waals surface area contributed by atoms with Gasteiger partial charge in [-0.05, 0) is 43.2 Å². The van der Waals surface area contributed by atoms with E-state index in [1.807, 2.05) is 20.9 Å². The summed E-state index contributed by atoms with van der Waals surface area (Å²) < 4.78 is 0. The van der Waals surface area contributed by atoms with Gasteiger partial charge in [-0.2, -0.15) is 0 Å². The average Bonchev–Trinajstić information content (AvgIpc) is 2.48. The Morgan fingerprint density at radius 1 is 1.43 bits per heavy atom. The molecule has 3 heteroatoms. The number of hydrogen-bond donors (Lipinski definition) is 1. The molecule has 116 valence electrons. The number of fused-ring (bicyclic) bond motifs is 1. The van der Waals surface area contributed by atoms with Crippen LogP contribution in [0.2, 0.25) is 0 Å². The molecule has 3 nitrogen and oxygen atoms in total. The second kappa shape index (κ2) is 6.18. The molecule has 1 aromatic carbocycles. The molecule has 0 saturated carbocycles. The zero-order valence-electron chi connectivity index (χ0n) is 13.9. The summed E-state index contributed by atoms with van der Waals surface area (Å²) >= 11 is 0. The van der Waals surface area contributed by atoms with Crippen molar-refractivity contribution < 1.29 is 4.79 Å². The van der Waals surface area contributed by atoms with Gasteiger partial charge in [0.2, 0.25) is 5.91 Å². The van der Waals surface area contributed by atoms with Gasteiger partial charge in [-0.25, -0.2) is 0 Å². The summed E-state index contributed by atoms with van der Waals surface area (Å²) in [6, 6.07) is 8.68. The minimum absolute atomic E-state index is 0.160. The maximum absolute atomic E-state index is 12.3. The second-order valence-corrected chi connectivity index (χ2v) is 6.86. The molecule has 0 bridgehead atoms. The summed E-state index contributed by atoms with van der Waals surface area (Å²) in [5.41, 5.74) is 2.93. The third kappa shape index (κ3) is 3.29. The van der Waals surface area contributed by atoms with Crippen molar-refractivity contribution in [1.29, 1.82) is 0 Å². The summed E-state index contributed by atoms with van der Waals surface area (Å²) in [7, 11) is 1.86. The third-order valence-corrected chi connectivity index (χ3v) is 4.82. The lowest BCUT2D eigenvalue weighted by Gasteiger charge is -2.42. The summed E-state index contributed by atoms with van der Waals surface area (Å²) in [6.45, 7) is 9.31. The van der Waals surface area contributed by atoms with Crippen LogP contribution >= 0.6 is 0 Å². The fourth-order valence-corrected chi connectivity index (χ4v) is 3.19. The second-order valence-electron chi connectivity index (χ2n) is 6.86. The molecule has 0 spiro atoms. The first-order valence-corrected chi connectivity index (χ1v) is 7.95. The standard InChI is InChI=1S/C18H28N2O/c1-6-20(5)17(21)13(2)19-16-15-10-8-7-9-14(15)11-12-18(16,3)4/h7-10,13,16,19H,6,11-12H2,1-5H3. The first kappa shape index (κ1) is 16.0. The minimum Gasteiger partial charge on any atom is -0.345 e. The highest BCUT2D eigenvalue weighted by Crippen LogP contribution is 2.43. The van der Waals surface area contributed by atoms with Gasteiger partial charge in [-0.3, -0.25) is 10.1 Å². The van der Waals surface area contributed by atoms with Crippen molar-refractivity contribution in [2.45, 2.75) is 52.6 Å². The van der Waals surface area contributed by atoms with E-state index >= 15 is 0 Å². The molecule has 2 rings (SSSR count). The van der Waals surface area contributed by atoms with Crippen LogP contribution in [0.4, 0.5) is 0 Å².